The minimum atomic E-state index is -0.288. The van der Waals surface area contributed by atoms with E-state index in [0.29, 0.717) is 175 Å². The number of fused-ring (bicyclic) bond motifs is 7. The first kappa shape index (κ1) is 91.4. The van der Waals surface area contributed by atoms with Crippen LogP contribution in [0.3, 0.4) is 0 Å². The third-order valence-electron chi connectivity index (χ3n) is 22.9. The van der Waals surface area contributed by atoms with Crippen LogP contribution in [0.25, 0.3) is 112 Å². The number of likely N-dealkylation sites (N-methyl/N-ethyl adjacent to an activating group) is 1. The van der Waals surface area contributed by atoms with E-state index in [0.717, 1.165) is 131 Å². The number of hydrogen-bond donors (Lipinski definition) is 3. The zero-order chi connectivity index (χ0) is 93.3. The Labute approximate surface area is 762 Å². The normalized spacial score (nSPS) is 14.8. The quantitative estimate of drug-likeness (QED) is 0.121. The smallest absolute Gasteiger partial charge is 0.165 e. The highest BCUT2D eigenvalue weighted by molar-refractivity contribution is 6.01. The van der Waals surface area contributed by atoms with Gasteiger partial charge in [0.15, 0.2) is 79.4 Å². The molecule has 3 aromatic carbocycles. The first-order valence-electron chi connectivity index (χ1n) is 43.1. The fraction of sp³-hybridized carbons (Fsp3) is 0.391. The van der Waals surface area contributed by atoms with Crippen LogP contribution in [-0.2, 0) is 68.3 Å². The Hall–Kier alpha value is -14.9. The predicted molar refractivity (Wildman–Crippen MR) is 504 cm³/mol. The number of benzene rings is 3. The molecule has 0 saturated carbocycles. The summed E-state index contributed by atoms with van der Waals surface area (Å²) in [6.45, 7) is 17.0. The average molecular weight is 1820 g/mol. The molecule has 5 aliphatic rings. The standard InChI is InChI=1S/C18H21FN6O.C17H19FN6O.C16H17FN6O.C11H16N6.C10H13N5O.C8H11N5.C7H9N5/c1-23(2)17-15-16(22-24(3)18(15)21-11-20-17)12-4-5-14(13(19)10-12)25-6-8-26-9-7-25;1-19-16-14-15(22-23(2)17(14)21-10-20-16)11-3-4-13(12(18)9-11)24-5-7-25-8-6-24;1-22-16-13(15(18)19-9-20-16)14(21-22)10-2-3-12(11(17)8-10)23-4-6-24-7-5-23;1-15-3-5-17(6-4-15)11-9-10(12-7-13-11)16(2)8-14-9;1-14-7-13-8-9(14)11-6-12-10(8)15-2-4-16-5-3-15;1-12(2)7-6-8(10-4-9-7)13(3)5-11-6;1-4-10-6(8)5-7(11-4)12(2)3-9-5/h4-5,10-11H,6-9H2,1-3H3;3-4,9-10H,5-8H2,1-2H3,(H,19,20,21);2-3,8-9H,4-7H2,1H3,(H2,18,19,20);7-8H,3-6H2,1-2H3;6-7H,2-5H2,1H3;4-5H,1-3H3;3H,1-2H3,(H2,8,10,11). The zero-order valence-electron chi connectivity index (χ0n) is 76.6. The number of imidazole rings is 4. The van der Waals surface area contributed by atoms with Crippen LogP contribution in [0.5, 0.6) is 0 Å². The van der Waals surface area contributed by atoms with E-state index in [9.17, 15) is 13.2 Å². The van der Waals surface area contributed by atoms with Crippen molar-refractivity contribution in [1.82, 2.24) is 142 Å². The van der Waals surface area contributed by atoms with Crippen LogP contribution >= 0.6 is 0 Å². The summed E-state index contributed by atoms with van der Waals surface area (Å²) in [5.41, 5.74) is 26.1. The van der Waals surface area contributed by atoms with Gasteiger partial charge >= 0.3 is 0 Å². The second-order valence-electron chi connectivity index (χ2n) is 32.3. The largest absolute Gasteiger partial charge is 0.383 e. The second-order valence-corrected chi connectivity index (χ2v) is 32.3. The van der Waals surface area contributed by atoms with Crippen molar-refractivity contribution in [3.63, 3.8) is 0 Å². The van der Waals surface area contributed by atoms with Crippen molar-refractivity contribution in [3.8, 4) is 33.8 Å². The minimum absolute atomic E-state index is 0.258. The SMILES string of the molecule is CN(C)c1ncnc2c1c(-c1ccc(N3CCOCC3)c(F)c1)nn2C.CN(C)c1ncnc2c1ncn2C.CN1CCN(c2ncnc3c2ncn3C)CC1.CNc1ncnc2c1c(-c1ccc(N3CCOCC3)c(F)c1)nn2C.Cc1nc(N)c2ncn(C)c2n1.Cn1cnc2c(N3CCOCC3)ncnc21.Cn1nc(-c2ccc(N3CCOCC3)c(F)c2)c2c(N)ncnc21. The Morgan fingerprint density at radius 1 is 0.338 bits per heavy atom. The number of hydrogen-bond acceptors (Lipinski definition) is 36. The lowest BCUT2D eigenvalue weighted by atomic mass is 10.1. The van der Waals surface area contributed by atoms with E-state index in [1.165, 1.54) is 31.1 Å². The van der Waals surface area contributed by atoms with E-state index in [1.54, 1.807) is 90.6 Å². The molecule has 0 bridgehead atoms. The molecule has 17 aromatic rings. The molecule has 0 amide bonds. The number of nitrogens with one attached hydrogen (secondary N) is 1. The first-order valence-corrected chi connectivity index (χ1v) is 43.1. The maximum Gasteiger partial charge on any atom is 0.165 e. The molecule has 46 heteroatoms. The molecule has 43 nitrogen and oxygen atoms in total. The summed E-state index contributed by atoms with van der Waals surface area (Å²) < 4.78 is 78.1. The van der Waals surface area contributed by atoms with Crippen LogP contribution in [0.1, 0.15) is 5.82 Å². The molecule has 133 heavy (non-hydrogen) atoms. The monoisotopic (exact) mass is 1820 g/mol. The fourth-order valence-corrected chi connectivity index (χ4v) is 16.1. The average Bonchev–Trinajstić information content (AvgIpc) is 1.18. The number of halogens is 3. The lowest BCUT2D eigenvalue weighted by molar-refractivity contribution is 0.122. The number of nitrogen functional groups attached to an aromatic ring is 2. The molecular formula is C87H106F3N39O4. The third-order valence-corrected chi connectivity index (χ3v) is 22.9. The van der Waals surface area contributed by atoms with Crippen molar-refractivity contribution in [2.75, 3.05) is 225 Å². The van der Waals surface area contributed by atoms with Gasteiger partial charge < -0.3 is 93.2 Å². The molecule has 5 aliphatic heterocycles. The number of nitrogens with two attached hydrogens (primary N) is 2. The van der Waals surface area contributed by atoms with Gasteiger partial charge in [-0.25, -0.2) is 117 Å². The van der Waals surface area contributed by atoms with Crippen LogP contribution in [-0.4, -0.2) is 316 Å². The van der Waals surface area contributed by atoms with Gasteiger partial charge in [-0.1, -0.05) is 18.2 Å². The van der Waals surface area contributed by atoms with Crippen molar-refractivity contribution in [1.29, 1.82) is 0 Å². The third kappa shape index (κ3) is 19.8. The zero-order valence-corrected chi connectivity index (χ0v) is 76.6. The van der Waals surface area contributed by atoms with Crippen molar-refractivity contribution >= 4 is 136 Å². The van der Waals surface area contributed by atoms with Crippen LogP contribution in [0.2, 0.25) is 0 Å². The number of nitrogens with zero attached hydrogens (tertiary/aromatic N) is 36. The highest BCUT2D eigenvalue weighted by Gasteiger charge is 2.27. The summed E-state index contributed by atoms with van der Waals surface area (Å²) >= 11 is 0. The van der Waals surface area contributed by atoms with E-state index in [4.69, 9.17) is 30.4 Å². The number of piperazine rings is 1. The molecule has 694 valence electrons. The van der Waals surface area contributed by atoms with Gasteiger partial charge in [-0.3, -0.25) is 0 Å². The van der Waals surface area contributed by atoms with E-state index >= 15 is 0 Å². The highest BCUT2D eigenvalue weighted by Crippen LogP contribution is 2.38. The summed E-state index contributed by atoms with van der Waals surface area (Å²) in [4.78, 5) is 92.9. The number of morpholine rings is 4. The molecule has 22 rings (SSSR count). The van der Waals surface area contributed by atoms with Crippen molar-refractivity contribution in [3.05, 3.63) is 141 Å². The van der Waals surface area contributed by atoms with E-state index in [2.05, 4.69) is 132 Å². The number of ether oxygens (including phenoxy) is 4. The molecule has 0 radical (unpaired) electrons. The Bertz CT molecular complexity index is 6920. The molecule has 0 aliphatic carbocycles. The van der Waals surface area contributed by atoms with Crippen LogP contribution < -0.4 is 51.1 Å². The summed E-state index contributed by atoms with van der Waals surface area (Å²) in [5.74, 6) is 4.79. The maximum atomic E-state index is 14.8. The first-order chi connectivity index (χ1) is 64.4. The summed E-state index contributed by atoms with van der Waals surface area (Å²) in [5, 5.41) is 18.8. The van der Waals surface area contributed by atoms with E-state index in [1.807, 2.05) is 144 Å². The Kier molecular flexibility index (Phi) is 27.9. The fourth-order valence-electron chi connectivity index (χ4n) is 16.1. The van der Waals surface area contributed by atoms with Gasteiger partial charge in [0.1, 0.15) is 101 Å². The number of rotatable bonds is 11. The van der Waals surface area contributed by atoms with Crippen molar-refractivity contribution < 1.29 is 32.1 Å². The topological polar surface area (TPSA) is 432 Å². The van der Waals surface area contributed by atoms with Crippen molar-refractivity contribution in [2.24, 2.45) is 49.3 Å². The molecular weight excluding hydrogens is 1710 g/mol. The van der Waals surface area contributed by atoms with Gasteiger partial charge in [0.2, 0.25) is 0 Å². The molecule has 5 N–H and O–H groups in total. The highest BCUT2D eigenvalue weighted by atomic mass is 19.1. The number of anilines is 10. The molecule has 5 saturated heterocycles. The molecule has 0 unspecified atom stereocenters. The van der Waals surface area contributed by atoms with Crippen LogP contribution in [0.4, 0.5) is 71.0 Å². The number of aryl methyl sites for hydroxylation is 8. The molecule has 14 aromatic heterocycles. The van der Waals surface area contributed by atoms with Gasteiger partial charge in [0.05, 0.1) is 111 Å². The van der Waals surface area contributed by atoms with Gasteiger partial charge in [-0.15, -0.1) is 0 Å². The van der Waals surface area contributed by atoms with Gasteiger partial charge in [-0.2, -0.15) is 15.3 Å². The van der Waals surface area contributed by atoms with Gasteiger partial charge in [0, 0.05) is 180 Å². The van der Waals surface area contributed by atoms with Gasteiger partial charge in [-0.05, 0) is 50.4 Å². The van der Waals surface area contributed by atoms with Gasteiger partial charge in [0.25, 0.3) is 0 Å². The Balaban J connectivity index is 0.000000115. The summed E-state index contributed by atoms with van der Waals surface area (Å²) in [6.07, 6.45) is 16.1. The van der Waals surface area contributed by atoms with E-state index in [-0.39, 0.29) is 17.5 Å². The summed E-state index contributed by atoms with van der Waals surface area (Å²) in [6, 6.07) is 15.6. The molecule has 0 atom stereocenters. The number of aromatic nitrogens is 28. The molecule has 0 spiro atoms. The van der Waals surface area contributed by atoms with E-state index < -0.39 is 0 Å². The summed E-state index contributed by atoms with van der Waals surface area (Å²) in [7, 11) is 24.8. The lowest BCUT2D eigenvalue weighted by Gasteiger charge is -2.33. The second kappa shape index (κ2) is 40.6. The Morgan fingerprint density at radius 3 is 1.12 bits per heavy atom. The minimum Gasteiger partial charge on any atom is -0.383 e. The van der Waals surface area contributed by atoms with Crippen molar-refractivity contribution in [2.45, 2.75) is 6.92 Å². The van der Waals surface area contributed by atoms with Crippen LogP contribution in [0.15, 0.2) is 118 Å². The molecule has 5 fully saturated rings. The molecule has 19 heterocycles. The maximum absolute atomic E-state index is 14.8. The predicted octanol–water partition coefficient (Wildman–Crippen LogP) is 6.71. The lowest BCUT2D eigenvalue weighted by Crippen LogP contribution is -2.44. The van der Waals surface area contributed by atoms with Crippen LogP contribution in [0, 0.1) is 24.4 Å². The Morgan fingerprint density at radius 2 is 0.684 bits per heavy atom.